The SMILES string of the molecule is O=C1NC(=Nc2cc(C(F)(F)F)ccc2Cl)SC1=Cc1cccc2ccccc12. The number of fused-ring (bicyclic) bond motifs is 1. The van der Waals surface area contributed by atoms with Crippen molar-refractivity contribution in [3.05, 3.63) is 81.7 Å². The molecule has 0 spiro atoms. The van der Waals surface area contributed by atoms with Crippen LogP contribution in [-0.4, -0.2) is 11.1 Å². The second kappa shape index (κ2) is 7.57. The zero-order valence-corrected chi connectivity index (χ0v) is 16.2. The van der Waals surface area contributed by atoms with Gasteiger partial charge in [-0.1, -0.05) is 54.1 Å². The van der Waals surface area contributed by atoms with Crippen molar-refractivity contribution in [3.63, 3.8) is 0 Å². The number of nitrogens with zero attached hydrogens (tertiary/aromatic N) is 1. The van der Waals surface area contributed by atoms with E-state index in [2.05, 4.69) is 10.3 Å². The Kier molecular flexibility index (Phi) is 5.10. The van der Waals surface area contributed by atoms with Gasteiger partial charge in [0.2, 0.25) is 0 Å². The van der Waals surface area contributed by atoms with Crippen molar-refractivity contribution in [2.75, 3.05) is 0 Å². The van der Waals surface area contributed by atoms with E-state index in [1.165, 1.54) is 0 Å². The molecule has 1 aliphatic rings. The minimum absolute atomic E-state index is 0.0595. The lowest BCUT2D eigenvalue weighted by molar-refractivity contribution is -0.137. The third-order valence-corrected chi connectivity index (χ3v) is 5.49. The number of amides is 1. The Morgan fingerprint density at radius 1 is 1.03 bits per heavy atom. The summed E-state index contributed by atoms with van der Waals surface area (Å²) in [4.78, 5) is 16.8. The van der Waals surface area contributed by atoms with Crippen molar-refractivity contribution < 1.29 is 18.0 Å². The maximum Gasteiger partial charge on any atom is 0.416 e. The lowest BCUT2D eigenvalue weighted by Gasteiger charge is -2.08. The number of hydrogen-bond donors (Lipinski definition) is 1. The van der Waals surface area contributed by atoms with Crippen LogP contribution in [0.1, 0.15) is 11.1 Å². The summed E-state index contributed by atoms with van der Waals surface area (Å²) < 4.78 is 38.8. The quantitative estimate of drug-likeness (QED) is 0.476. The molecule has 1 N–H and O–H groups in total. The van der Waals surface area contributed by atoms with Gasteiger partial charge in [0, 0.05) is 0 Å². The number of benzene rings is 3. The molecule has 3 aromatic carbocycles. The van der Waals surface area contributed by atoms with Crippen LogP contribution < -0.4 is 5.32 Å². The second-order valence-corrected chi connectivity index (χ2v) is 7.65. The van der Waals surface area contributed by atoms with Crippen LogP contribution in [0, 0.1) is 0 Å². The fraction of sp³-hybridized carbons (Fsp3) is 0.0476. The van der Waals surface area contributed by atoms with Gasteiger partial charge in [0.15, 0.2) is 5.17 Å². The molecule has 4 rings (SSSR count). The molecular formula is C21H12ClF3N2OS. The third-order valence-electron chi connectivity index (χ3n) is 4.26. The van der Waals surface area contributed by atoms with Crippen LogP contribution in [0.5, 0.6) is 0 Å². The fourth-order valence-electron chi connectivity index (χ4n) is 2.88. The summed E-state index contributed by atoms with van der Waals surface area (Å²) in [6.07, 6.45) is -2.77. The van der Waals surface area contributed by atoms with Crippen LogP contribution in [-0.2, 0) is 11.0 Å². The molecule has 146 valence electrons. The van der Waals surface area contributed by atoms with Gasteiger partial charge in [-0.15, -0.1) is 0 Å². The first kappa shape index (κ1) is 19.5. The fourth-order valence-corrected chi connectivity index (χ4v) is 3.87. The van der Waals surface area contributed by atoms with E-state index in [4.69, 9.17) is 11.6 Å². The summed E-state index contributed by atoms with van der Waals surface area (Å²) in [6.45, 7) is 0. The molecule has 0 unspecified atom stereocenters. The highest BCUT2D eigenvalue weighted by Crippen LogP contribution is 2.36. The van der Waals surface area contributed by atoms with Crippen molar-refractivity contribution in [1.82, 2.24) is 5.32 Å². The molecule has 1 aliphatic heterocycles. The summed E-state index contributed by atoms with van der Waals surface area (Å²) in [6, 6.07) is 16.4. The molecule has 0 radical (unpaired) electrons. The molecule has 0 saturated carbocycles. The zero-order chi connectivity index (χ0) is 20.6. The molecule has 1 fully saturated rings. The van der Waals surface area contributed by atoms with Gasteiger partial charge in [0.05, 0.1) is 21.2 Å². The molecule has 8 heteroatoms. The van der Waals surface area contributed by atoms with E-state index in [1.54, 1.807) is 6.08 Å². The van der Waals surface area contributed by atoms with Crippen LogP contribution in [0.4, 0.5) is 18.9 Å². The standard InChI is InChI=1S/C21H12ClF3N2OS/c22-16-9-8-14(21(23,24)25)11-17(16)26-20-27-19(28)18(29-20)10-13-6-3-5-12-4-1-2-7-15(12)13/h1-11H,(H,26,27,28). The summed E-state index contributed by atoms with van der Waals surface area (Å²) in [7, 11) is 0. The van der Waals surface area contributed by atoms with Gasteiger partial charge in [-0.05, 0) is 52.4 Å². The highest BCUT2D eigenvalue weighted by molar-refractivity contribution is 8.18. The van der Waals surface area contributed by atoms with Gasteiger partial charge in [-0.3, -0.25) is 4.79 Å². The molecule has 1 amide bonds. The molecule has 3 aromatic rings. The number of rotatable bonds is 2. The summed E-state index contributed by atoms with van der Waals surface area (Å²) >= 11 is 7.03. The molecule has 0 aromatic heterocycles. The molecule has 29 heavy (non-hydrogen) atoms. The van der Waals surface area contributed by atoms with Gasteiger partial charge in [0.25, 0.3) is 5.91 Å². The van der Waals surface area contributed by atoms with Crippen LogP contribution in [0.3, 0.4) is 0 Å². The normalized spacial score (nSPS) is 17.3. The lowest BCUT2D eigenvalue weighted by Crippen LogP contribution is -2.19. The van der Waals surface area contributed by atoms with E-state index < -0.39 is 11.7 Å². The number of nitrogens with one attached hydrogen (secondary N) is 1. The largest absolute Gasteiger partial charge is 0.416 e. The van der Waals surface area contributed by atoms with E-state index in [0.717, 1.165) is 46.3 Å². The highest BCUT2D eigenvalue weighted by Gasteiger charge is 2.31. The molecular weight excluding hydrogens is 421 g/mol. The topological polar surface area (TPSA) is 41.5 Å². The Labute approximate surface area is 173 Å². The number of hydrogen-bond acceptors (Lipinski definition) is 3. The van der Waals surface area contributed by atoms with E-state index in [0.29, 0.717) is 4.91 Å². The average molecular weight is 433 g/mol. The van der Waals surface area contributed by atoms with E-state index >= 15 is 0 Å². The maximum absolute atomic E-state index is 12.9. The number of thioether (sulfide) groups is 1. The van der Waals surface area contributed by atoms with E-state index in [9.17, 15) is 18.0 Å². The predicted molar refractivity (Wildman–Crippen MR) is 111 cm³/mol. The molecule has 1 saturated heterocycles. The molecule has 3 nitrogen and oxygen atoms in total. The van der Waals surface area contributed by atoms with Gasteiger partial charge >= 0.3 is 6.18 Å². The number of halogens is 4. The van der Waals surface area contributed by atoms with Crippen molar-refractivity contribution in [3.8, 4) is 0 Å². The smallest absolute Gasteiger partial charge is 0.300 e. The third kappa shape index (κ3) is 4.16. The summed E-state index contributed by atoms with van der Waals surface area (Å²) in [5, 5.41) is 4.83. The molecule has 1 heterocycles. The van der Waals surface area contributed by atoms with Crippen molar-refractivity contribution in [1.29, 1.82) is 0 Å². The summed E-state index contributed by atoms with van der Waals surface area (Å²) in [5.74, 6) is -0.371. The summed E-state index contributed by atoms with van der Waals surface area (Å²) in [5.41, 5.74) is -0.0584. The molecule has 0 bridgehead atoms. The Hall–Kier alpha value is -2.77. The molecule has 0 aliphatic carbocycles. The maximum atomic E-state index is 12.9. The first-order valence-electron chi connectivity index (χ1n) is 8.45. The van der Waals surface area contributed by atoms with Crippen molar-refractivity contribution >= 4 is 57.0 Å². The first-order valence-corrected chi connectivity index (χ1v) is 9.65. The number of carbonyl (C=O) groups excluding carboxylic acids is 1. The van der Waals surface area contributed by atoms with Crippen molar-refractivity contribution in [2.45, 2.75) is 6.18 Å². The van der Waals surface area contributed by atoms with Crippen LogP contribution in [0.25, 0.3) is 16.8 Å². The Morgan fingerprint density at radius 3 is 2.59 bits per heavy atom. The van der Waals surface area contributed by atoms with Gasteiger partial charge in [0.1, 0.15) is 0 Å². The Balaban J connectivity index is 1.67. The second-order valence-electron chi connectivity index (χ2n) is 6.21. The van der Waals surface area contributed by atoms with E-state index in [1.807, 2.05) is 42.5 Å². The van der Waals surface area contributed by atoms with Gasteiger partial charge in [-0.25, -0.2) is 4.99 Å². The predicted octanol–water partition coefficient (Wildman–Crippen LogP) is 6.40. The van der Waals surface area contributed by atoms with Crippen LogP contribution in [0.2, 0.25) is 5.02 Å². The highest BCUT2D eigenvalue weighted by atomic mass is 35.5. The number of carbonyl (C=O) groups is 1. The van der Waals surface area contributed by atoms with E-state index in [-0.39, 0.29) is 21.8 Å². The Morgan fingerprint density at radius 2 is 1.79 bits per heavy atom. The molecule has 0 atom stereocenters. The number of alkyl halides is 3. The van der Waals surface area contributed by atoms with Gasteiger partial charge in [-0.2, -0.15) is 13.2 Å². The monoisotopic (exact) mass is 432 g/mol. The van der Waals surface area contributed by atoms with Gasteiger partial charge < -0.3 is 5.32 Å². The Bertz CT molecular complexity index is 1180. The minimum atomic E-state index is -4.51. The van der Waals surface area contributed by atoms with Crippen molar-refractivity contribution in [2.24, 2.45) is 4.99 Å². The lowest BCUT2D eigenvalue weighted by atomic mass is 10.0. The average Bonchev–Trinajstić information content (AvgIpc) is 3.02. The minimum Gasteiger partial charge on any atom is -0.300 e. The first-order chi connectivity index (χ1) is 13.8. The van der Waals surface area contributed by atoms with Crippen LogP contribution in [0.15, 0.2) is 70.6 Å². The number of aliphatic imine (C=N–C) groups is 1. The zero-order valence-electron chi connectivity index (χ0n) is 14.6. The van der Waals surface area contributed by atoms with Crippen LogP contribution >= 0.6 is 23.4 Å². The number of amidine groups is 1.